The van der Waals surface area contributed by atoms with Crippen molar-refractivity contribution in [3.05, 3.63) is 52.2 Å². The fourth-order valence-electron chi connectivity index (χ4n) is 1.76. The number of hydrogen-bond donors (Lipinski definition) is 1. The first-order valence-corrected chi connectivity index (χ1v) is 7.58. The van der Waals surface area contributed by atoms with Crippen LogP contribution in [0.1, 0.15) is 17.5 Å². The number of nitriles is 1. The van der Waals surface area contributed by atoms with E-state index in [0.717, 1.165) is 5.56 Å². The minimum Gasteiger partial charge on any atom is -0.456 e. The molecule has 1 aromatic heterocycles. The van der Waals surface area contributed by atoms with Gasteiger partial charge in [-0.1, -0.05) is 6.07 Å². The van der Waals surface area contributed by atoms with Crippen molar-refractivity contribution in [3.63, 3.8) is 0 Å². The first-order valence-electron chi connectivity index (χ1n) is 6.64. The number of aryl methyl sites for hydroxylation is 1. The van der Waals surface area contributed by atoms with Gasteiger partial charge in [-0.2, -0.15) is 16.6 Å². The van der Waals surface area contributed by atoms with Crippen LogP contribution in [0.2, 0.25) is 0 Å². The molecule has 0 radical (unpaired) electrons. The highest BCUT2D eigenvalue weighted by Crippen LogP contribution is 2.10. The van der Waals surface area contributed by atoms with Gasteiger partial charge in [0.05, 0.1) is 11.6 Å². The molecule has 0 bridgehead atoms. The average molecular weight is 314 g/mol. The third-order valence-electron chi connectivity index (χ3n) is 2.84. The second-order valence-corrected chi connectivity index (χ2v) is 5.31. The number of benzene rings is 1. The fraction of sp³-hybridized carbons (Fsp3) is 0.188. The number of ether oxygens (including phenoxy) is 1. The predicted octanol–water partition coefficient (Wildman–Crippen LogP) is 2.73. The molecule has 0 unspecified atom stereocenters. The molecule has 0 atom stereocenters. The topological polar surface area (TPSA) is 79.2 Å². The molecule has 0 aliphatic carbocycles. The number of nitrogens with one attached hydrogen (secondary N) is 1. The fourth-order valence-corrected chi connectivity index (χ4v) is 2.47. The standard InChI is InChI=1S/C16H14N2O3S/c17-9-13-2-1-3-14(8-13)18-15(19)10-21-16(20)5-4-12-6-7-22-11-12/h1-3,6-8,11H,4-5,10H2,(H,18,19). The van der Waals surface area contributed by atoms with Crippen molar-refractivity contribution in [2.75, 3.05) is 11.9 Å². The molecule has 1 N–H and O–H groups in total. The molecule has 1 aromatic carbocycles. The largest absolute Gasteiger partial charge is 0.456 e. The molecule has 0 spiro atoms. The van der Waals surface area contributed by atoms with Crippen LogP contribution in [0.15, 0.2) is 41.1 Å². The number of thiophene rings is 1. The summed E-state index contributed by atoms with van der Waals surface area (Å²) >= 11 is 1.57. The average Bonchev–Trinajstić information content (AvgIpc) is 3.04. The van der Waals surface area contributed by atoms with Crippen LogP contribution in [0.3, 0.4) is 0 Å². The Morgan fingerprint density at radius 2 is 2.18 bits per heavy atom. The maximum absolute atomic E-state index is 11.7. The molecule has 112 valence electrons. The number of nitrogens with zero attached hydrogens (tertiary/aromatic N) is 1. The molecule has 0 aliphatic rings. The number of carbonyl (C=O) groups is 2. The van der Waals surface area contributed by atoms with Gasteiger partial charge in [0.1, 0.15) is 0 Å². The predicted molar refractivity (Wildman–Crippen MR) is 83.4 cm³/mol. The second kappa shape index (κ2) is 7.96. The monoisotopic (exact) mass is 314 g/mol. The Bertz CT molecular complexity index is 690. The Balaban J connectivity index is 1.72. The SMILES string of the molecule is N#Cc1cccc(NC(=O)COC(=O)CCc2ccsc2)c1. The Morgan fingerprint density at radius 1 is 1.32 bits per heavy atom. The van der Waals surface area contributed by atoms with E-state index in [-0.39, 0.29) is 13.0 Å². The molecular formula is C16H14N2O3S. The van der Waals surface area contributed by atoms with E-state index in [1.54, 1.807) is 35.6 Å². The quantitative estimate of drug-likeness (QED) is 0.831. The van der Waals surface area contributed by atoms with Gasteiger partial charge in [-0.3, -0.25) is 9.59 Å². The summed E-state index contributed by atoms with van der Waals surface area (Å²) in [6.45, 7) is -0.334. The van der Waals surface area contributed by atoms with Crippen molar-refractivity contribution in [2.24, 2.45) is 0 Å². The van der Waals surface area contributed by atoms with E-state index in [2.05, 4.69) is 5.32 Å². The van der Waals surface area contributed by atoms with Gasteiger partial charge in [-0.15, -0.1) is 0 Å². The van der Waals surface area contributed by atoms with E-state index in [1.807, 2.05) is 22.9 Å². The van der Waals surface area contributed by atoms with Crippen LogP contribution in [0.4, 0.5) is 5.69 Å². The maximum Gasteiger partial charge on any atom is 0.306 e. The lowest BCUT2D eigenvalue weighted by Gasteiger charge is -2.06. The Labute approximate surface area is 132 Å². The molecule has 0 saturated carbocycles. The number of carbonyl (C=O) groups excluding carboxylic acids is 2. The van der Waals surface area contributed by atoms with Crippen molar-refractivity contribution in [2.45, 2.75) is 12.8 Å². The third kappa shape index (κ3) is 5.04. The molecule has 0 fully saturated rings. The van der Waals surface area contributed by atoms with Crippen LogP contribution in [-0.2, 0) is 20.7 Å². The van der Waals surface area contributed by atoms with E-state index >= 15 is 0 Å². The summed E-state index contributed by atoms with van der Waals surface area (Å²) in [5, 5.41) is 15.3. The Kier molecular flexibility index (Phi) is 5.69. The second-order valence-electron chi connectivity index (χ2n) is 4.53. The summed E-state index contributed by atoms with van der Waals surface area (Å²) < 4.78 is 4.92. The summed E-state index contributed by atoms with van der Waals surface area (Å²) in [6, 6.07) is 10.5. The molecule has 2 aromatic rings. The number of amides is 1. The number of hydrogen-bond acceptors (Lipinski definition) is 5. The molecule has 1 amide bonds. The first kappa shape index (κ1) is 15.7. The summed E-state index contributed by atoms with van der Waals surface area (Å²) in [5.74, 6) is -0.842. The van der Waals surface area contributed by atoms with E-state index in [9.17, 15) is 9.59 Å². The summed E-state index contributed by atoms with van der Waals surface area (Å²) in [4.78, 5) is 23.2. The van der Waals surface area contributed by atoms with Crippen molar-refractivity contribution in [1.82, 2.24) is 0 Å². The van der Waals surface area contributed by atoms with Crippen LogP contribution in [0.5, 0.6) is 0 Å². The lowest BCUT2D eigenvalue weighted by molar-refractivity contribution is -0.147. The van der Waals surface area contributed by atoms with Crippen molar-refractivity contribution < 1.29 is 14.3 Å². The highest BCUT2D eigenvalue weighted by Gasteiger charge is 2.08. The van der Waals surface area contributed by atoms with Gasteiger partial charge in [0.15, 0.2) is 6.61 Å². The number of esters is 1. The van der Waals surface area contributed by atoms with E-state index in [1.165, 1.54) is 0 Å². The molecule has 0 saturated heterocycles. The third-order valence-corrected chi connectivity index (χ3v) is 3.57. The minimum atomic E-state index is -0.432. The Morgan fingerprint density at radius 3 is 2.91 bits per heavy atom. The zero-order valence-electron chi connectivity index (χ0n) is 11.7. The lowest BCUT2D eigenvalue weighted by atomic mass is 10.2. The molecular weight excluding hydrogens is 300 g/mol. The Hall–Kier alpha value is -2.65. The van der Waals surface area contributed by atoms with Crippen molar-refractivity contribution in [3.8, 4) is 6.07 Å². The number of rotatable bonds is 6. The molecule has 2 rings (SSSR count). The highest BCUT2D eigenvalue weighted by atomic mass is 32.1. The lowest BCUT2D eigenvalue weighted by Crippen LogP contribution is -2.21. The zero-order valence-corrected chi connectivity index (χ0v) is 12.6. The molecule has 1 heterocycles. The minimum absolute atomic E-state index is 0.244. The summed E-state index contributed by atoms with van der Waals surface area (Å²) in [6.07, 6.45) is 0.849. The normalized spacial score (nSPS) is 9.77. The number of anilines is 1. The van der Waals surface area contributed by atoms with Gasteiger partial charge in [0, 0.05) is 12.1 Å². The van der Waals surface area contributed by atoms with Crippen LogP contribution >= 0.6 is 11.3 Å². The maximum atomic E-state index is 11.7. The molecule has 0 aliphatic heterocycles. The van der Waals surface area contributed by atoms with Crippen LogP contribution < -0.4 is 5.32 Å². The highest BCUT2D eigenvalue weighted by molar-refractivity contribution is 7.07. The van der Waals surface area contributed by atoms with Gasteiger partial charge in [0.2, 0.25) is 0 Å². The van der Waals surface area contributed by atoms with Gasteiger partial charge >= 0.3 is 5.97 Å². The van der Waals surface area contributed by atoms with Crippen LogP contribution in [0.25, 0.3) is 0 Å². The first-order chi connectivity index (χ1) is 10.7. The van der Waals surface area contributed by atoms with Gasteiger partial charge in [0.25, 0.3) is 5.91 Å². The molecule has 22 heavy (non-hydrogen) atoms. The van der Waals surface area contributed by atoms with Gasteiger partial charge in [-0.25, -0.2) is 0 Å². The van der Waals surface area contributed by atoms with Gasteiger partial charge < -0.3 is 10.1 Å². The molecule has 6 heteroatoms. The van der Waals surface area contributed by atoms with Gasteiger partial charge in [-0.05, 0) is 47.0 Å². The summed E-state index contributed by atoms with van der Waals surface area (Å²) in [5.41, 5.74) is 2.03. The van der Waals surface area contributed by atoms with E-state index in [0.29, 0.717) is 17.7 Å². The van der Waals surface area contributed by atoms with Crippen molar-refractivity contribution >= 4 is 28.9 Å². The van der Waals surface area contributed by atoms with E-state index in [4.69, 9.17) is 10.00 Å². The zero-order chi connectivity index (χ0) is 15.8. The van der Waals surface area contributed by atoms with Crippen LogP contribution in [-0.4, -0.2) is 18.5 Å². The van der Waals surface area contributed by atoms with Crippen molar-refractivity contribution in [1.29, 1.82) is 5.26 Å². The van der Waals surface area contributed by atoms with E-state index < -0.39 is 11.9 Å². The smallest absolute Gasteiger partial charge is 0.306 e. The van der Waals surface area contributed by atoms with Crippen LogP contribution in [0, 0.1) is 11.3 Å². The molecule has 5 nitrogen and oxygen atoms in total. The summed E-state index contributed by atoms with van der Waals surface area (Å²) in [7, 11) is 0.